The van der Waals surface area contributed by atoms with Crippen LogP contribution in [0, 0.1) is 0 Å². The van der Waals surface area contributed by atoms with Crippen LogP contribution >= 0.6 is 45.3 Å². The van der Waals surface area contributed by atoms with Gasteiger partial charge in [0.15, 0.2) is 11.6 Å². The number of nitrogens with zero attached hydrogens (tertiary/aromatic N) is 10. The van der Waals surface area contributed by atoms with Crippen molar-refractivity contribution in [1.29, 1.82) is 0 Å². The molecule has 2 aliphatic heterocycles. The van der Waals surface area contributed by atoms with Crippen LogP contribution in [0.25, 0.3) is 98.1 Å². The first kappa shape index (κ1) is 56.6. The second-order valence-electron chi connectivity index (χ2n) is 24.6. The lowest BCUT2D eigenvalue weighted by Crippen LogP contribution is -2.36. The van der Waals surface area contributed by atoms with Crippen LogP contribution in [0.1, 0.15) is 44.5 Å². The number of fused-ring (bicyclic) bond motifs is 20. The minimum atomic E-state index is -0.462. The molecule has 2 aliphatic carbocycles. The zero-order valence-corrected chi connectivity index (χ0v) is 55.2. The molecular formula is C84H50N10S4. The molecule has 0 amide bonds. The van der Waals surface area contributed by atoms with E-state index in [4.69, 9.17) is 29.9 Å². The van der Waals surface area contributed by atoms with Crippen molar-refractivity contribution >= 4 is 101 Å². The Morgan fingerprint density at radius 2 is 0.673 bits per heavy atom. The van der Waals surface area contributed by atoms with Gasteiger partial charge in [-0.2, -0.15) is 0 Å². The van der Waals surface area contributed by atoms with E-state index in [1.165, 1.54) is 69.7 Å². The Bertz CT molecular complexity index is 5790. The molecule has 14 heteroatoms. The number of para-hydroxylation sites is 2. The zero-order chi connectivity index (χ0) is 64.5. The summed E-state index contributed by atoms with van der Waals surface area (Å²) >= 11 is 7.36. The number of thiophene rings is 4. The largest absolute Gasteiger partial charge is 0.310 e. The van der Waals surface area contributed by atoms with Gasteiger partial charge < -0.3 is 4.90 Å². The molecule has 0 saturated carbocycles. The summed E-state index contributed by atoms with van der Waals surface area (Å²) in [6.45, 7) is 0. The van der Waals surface area contributed by atoms with Crippen LogP contribution in [0.15, 0.2) is 301 Å². The van der Waals surface area contributed by atoms with Crippen LogP contribution in [0.4, 0.5) is 34.3 Å². The first-order valence-corrected chi connectivity index (χ1v) is 35.8. The first-order chi connectivity index (χ1) is 48.6. The van der Waals surface area contributed by atoms with Gasteiger partial charge in [-0.15, -0.1) is 45.3 Å². The fraction of sp³-hybridized carbons (Fsp3) is 0.0238. The van der Waals surface area contributed by atoms with Crippen molar-refractivity contribution in [2.45, 2.75) is 10.8 Å². The van der Waals surface area contributed by atoms with E-state index in [2.05, 4.69) is 211 Å². The summed E-state index contributed by atoms with van der Waals surface area (Å²) in [5.41, 5.74) is 24.1. The molecule has 0 unspecified atom stereocenters. The fourth-order valence-corrected chi connectivity index (χ4v) is 19.7. The molecule has 0 bridgehead atoms. The van der Waals surface area contributed by atoms with Gasteiger partial charge in [-0.05, 0) is 181 Å². The average molecular weight is 1330 g/mol. The Labute approximate surface area is 579 Å². The van der Waals surface area contributed by atoms with E-state index in [1.807, 2.05) is 143 Å². The number of pyridine rings is 4. The molecule has 0 fully saturated rings. The Hall–Kier alpha value is -11.8. The van der Waals surface area contributed by atoms with Gasteiger partial charge in [-0.25, -0.2) is 19.9 Å². The van der Waals surface area contributed by atoms with Crippen molar-refractivity contribution < 1.29 is 0 Å². The van der Waals surface area contributed by atoms with E-state index in [1.54, 1.807) is 12.4 Å². The third-order valence-electron chi connectivity index (χ3n) is 19.5. The second-order valence-corrected chi connectivity index (χ2v) is 28.3. The van der Waals surface area contributed by atoms with Crippen molar-refractivity contribution in [3.63, 3.8) is 0 Å². The Morgan fingerprint density at radius 1 is 0.265 bits per heavy atom. The van der Waals surface area contributed by atoms with Gasteiger partial charge in [0.1, 0.15) is 17.2 Å². The van der Waals surface area contributed by atoms with Crippen molar-refractivity contribution in [2.24, 2.45) is 0 Å². The number of hydrogen-bond donors (Lipinski definition) is 0. The van der Waals surface area contributed by atoms with E-state index in [-0.39, 0.29) is 0 Å². The minimum absolute atomic E-state index is 0.423. The quantitative estimate of drug-likeness (QED) is 0.153. The maximum atomic E-state index is 5.25. The molecule has 0 saturated heterocycles. The lowest BCUT2D eigenvalue weighted by molar-refractivity contribution is 0.756. The van der Waals surface area contributed by atoms with Crippen LogP contribution in [-0.2, 0) is 10.8 Å². The summed E-state index contributed by atoms with van der Waals surface area (Å²) in [5, 5.41) is 11.2. The molecule has 12 heterocycles. The molecular weight excluding hydrogens is 1280 g/mol. The summed E-state index contributed by atoms with van der Waals surface area (Å²) in [7, 11) is 0. The Balaban J connectivity index is 0.000000134. The van der Waals surface area contributed by atoms with Crippen molar-refractivity contribution in [2.75, 3.05) is 9.80 Å². The average Bonchev–Trinajstić information content (AvgIpc) is 1.46. The molecule has 7 aromatic carbocycles. The van der Waals surface area contributed by atoms with Gasteiger partial charge in [0.05, 0.1) is 61.7 Å². The van der Waals surface area contributed by atoms with Crippen molar-refractivity contribution in [1.82, 2.24) is 39.9 Å². The van der Waals surface area contributed by atoms with Crippen LogP contribution in [0.5, 0.6) is 0 Å². The normalized spacial score (nSPS) is 13.6. The third-order valence-corrected chi connectivity index (χ3v) is 23.5. The smallest absolute Gasteiger partial charge is 0.180 e. The molecule has 17 aromatic rings. The van der Waals surface area contributed by atoms with E-state index in [0.717, 1.165) is 95.5 Å². The maximum Gasteiger partial charge on any atom is 0.180 e. The summed E-state index contributed by atoms with van der Waals surface area (Å²) in [4.78, 5) is 49.3. The summed E-state index contributed by atoms with van der Waals surface area (Å²) in [6.07, 6.45) is 7.32. The maximum absolute atomic E-state index is 5.25. The van der Waals surface area contributed by atoms with E-state index in [9.17, 15) is 0 Å². The Kier molecular flexibility index (Phi) is 12.9. The molecule has 4 aliphatic rings. The molecule has 98 heavy (non-hydrogen) atoms. The SMILES string of the molecule is c1ccc(-c2cc(-c3ccc(N4c5ccccc5C5(c6cc7cccnc7cc64)c4ccsc4-c4sccc45)cc3)nc(-c3ccccn3)n2)cc1.c1ccc(-c2cc(N3c4ccccc4C4(c5cc6cccnc6cc53)c3ccsc3-c3sccc34)nc(-c3ccccn3)n2)cc1. The van der Waals surface area contributed by atoms with Crippen LogP contribution in [-0.4, -0.2) is 39.9 Å². The number of anilines is 6. The van der Waals surface area contributed by atoms with Gasteiger partial charge in [-0.3, -0.25) is 24.8 Å². The van der Waals surface area contributed by atoms with Crippen LogP contribution in [0.2, 0.25) is 0 Å². The van der Waals surface area contributed by atoms with E-state index < -0.39 is 10.8 Å². The van der Waals surface area contributed by atoms with Crippen molar-refractivity contribution in [3.05, 3.63) is 346 Å². The topological polar surface area (TPSA) is 110 Å². The second kappa shape index (κ2) is 22.4. The highest BCUT2D eigenvalue weighted by atomic mass is 32.1. The predicted molar refractivity (Wildman–Crippen MR) is 400 cm³/mol. The van der Waals surface area contributed by atoms with Crippen LogP contribution in [0.3, 0.4) is 0 Å². The van der Waals surface area contributed by atoms with Crippen molar-refractivity contribution in [3.8, 4) is 76.3 Å². The molecule has 0 radical (unpaired) electrons. The van der Waals surface area contributed by atoms with Gasteiger partial charge in [-0.1, -0.05) is 133 Å². The number of benzene rings is 7. The molecule has 0 N–H and O–H groups in total. The molecule has 0 atom stereocenters. The monoisotopic (exact) mass is 1330 g/mol. The van der Waals surface area contributed by atoms with Gasteiger partial charge in [0.2, 0.25) is 0 Å². The number of hydrogen-bond acceptors (Lipinski definition) is 14. The summed E-state index contributed by atoms with van der Waals surface area (Å²) in [6, 6.07) is 89.9. The molecule has 2 spiro atoms. The molecule has 10 nitrogen and oxygen atoms in total. The summed E-state index contributed by atoms with van der Waals surface area (Å²) < 4.78 is 0. The molecule has 460 valence electrons. The zero-order valence-electron chi connectivity index (χ0n) is 52.0. The van der Waals surface area contributed by atoms with E-state index in [0.29, 0.717) is 11.6 Å². The number of aromatic nitrogens is 8. The van der Waals surface area contributed by atoms with Gasteiger partial charge >= 0.3 is 0 Å². The highest BCUT2D eigenvalue weighted by Crippen LogP contribution is 2.68. The predicted octanol–water partition coefficient (Wildman–Crippen LogP) is 21.7. The molecule has 10 aromatic heterocycles. The third kappa shape index (κ3) is 8.48. The number of rotatable bonds is 7. The highest BCUT2D eigenvalue weighted by molar-refractivity contribution is 7.21. The molecule has 21 rings (SSSR count). The van der Waals surface area contributed by atoms with E-state index >= 15 is 0 Å². The standard InChI is InChI=1S/C45H27N5S2.C39H23N5S2/c1-2-9-28(10-3-1)38-26-39(49-44(48-38)36-13-6-7-21-46-36)29-15-17-31(18-16-29)50-40-14-5-4-12-32(40)45(33-19-23-51-42(33)43-34(45)20-24-52-43)35-25-30-11-8-22-47-37(30)27-41(35)50;1-2-9-24(10-3-1)32-23-35(43-38(42-32)30-13-6-7-17-40-30)44-33-14-5-4-12-26(33)39(27-15-19-45-36(27)37-28(39)16-20-46-37)29-21-25-11-8-18-41-31(25)22-34(29)44/h1-27H;1-23H. The summed E-state index contributed by atoms with van der Waals surface area (Å²) in [5.74, 6) is 1.96. The minimum Gasteiger partial charge on any atom is -0.310 e. The fourth-order valence-electron chi connectivity index (χ4n) is 15.5. The lowest BCUT2D eigenvalue weighted by atomic mass is 9.65. The first-order valence-electron chi connectivity index (χ1n) is 32.3. The Morgan fingerprint density at radius 3 is 1.15 bits per heavy atom. The van der Waals surface area contributed by atoms with Gasteiger partial charge in [0.25, 0.3) is 0 Å². The van der Waals surface area contributed by atoms with Gasteiger partial charge in [0, 0.05) is 83.5 Å². The lowest BCUT2D eigenvalue weighted by Gasteiger charge is -2.44. The van der Waals surface area contributed by atoms with Crippen LogP contribution < -0.4 is 9.80 Å². The highest BCUT2D eigenvalue weighted by Gasteiger charge is 2.55.